The fourth-order valence-electron chi connectivity index (χ4n) is 2.17. The van der Waals surface area contributed by atoms with Crippen LogP contribution >= 0.6 is 23.2 Å². The van der Waals surface area contributed by atoms with Gasteiger partial charge in [0, 0.05) is 6.54 Å². The van der Waals surface area contributed by atoms with Crippen LogP contribution in [-0.4, -0.2) is 24.5 Å². The standard InChI is InChI=1S/C13H14Cl2N2/c14-12-4-3-10(7-13(12)15)11(8-16)9-17-5-1-2-6-17/h3-4,7,11H,1-2,5-6,9H2. The zero-order valence-corrected chi connectivity index (χ0v) is 11.0. The zero-order valence-electron chi connectivity index (χ0n) is 9.50. The van der Waals surface area contributed by atoms with Crippen molar-refractivity contribution in [1.82, 2.24) is 4.90 Å². The zero-order chi connectivity index (χ0) is 12.3. The monoisotopic (exact) mass is 268 g/mol. The minimum Gasteiger partial charge on any atom is -0.302 e. The predicted molar refractivity (Wildman–Crippen MR) is 70.5 cm³/mol. The molecule has 0 bridgehead atoms. The number of likely N-dealkylation sites (tertiary alicyclic amines) is 1. The number of halogens is 2. The minimum atomic E-state index is -0.122. The first kappa shape index (κ1) is 12.7. The molecule has 1 unspecified atom stereocenters. The molecule has 0 radical (unpaired) electrons. The Morgan fingerprint density at radius 1 is 1.24 bits per heavy atom. The van der Waals surface area contributed by atoms with Crippen molar-refractivity contribution in [3.05, 3.63) is 33.8 Å². The average molecular weight is 269 g/mol. The first-order chi connectivity index (χ1) is 8.20. The highest BCUT2D eigenvalue weighted by Crippen LogP contribution is 2.27. The quantitative estimate of drug-likeness (QED) is 0.836. The first-order valence-corrected chi connectivity index (χ1v) is 6.53. The van der Waals surface area contributed by atoms with Gasteiger partial charge in [-0.3, -0.25) is 0 Å². The van der Waals surface area contributed by atoms with E-state index in [4.69, 9.17) is 23.2 Å². The molecule has 1 aliphatic rings. The normalized spacial score (nSPS) is 17.9. The lowest BCUT2D eigenvalue weighted by Gasteiger charge is -2.18. The molecule has 0 spiro atoms. The molecular weight excluding hydrogens is 255 g/mol. The van der Waals surface area contributed by atoms with E-state index in [0.717, 1.165) is 25.2 Å². The minimum absolute atomic E-state index is 0.122. The lowest BCUT2D eigenvalue weighted by Crippen LogP contribution is -2.24. The van der Waals surface area contributed by atoms with Crippen LogP contribution in [0.3, 0.4) is 0 Å². The summed E-state index contributed by atoms with van der Waals surface area (Å²) in [5, 5.41) is 10.3. The largest absolute Gasteiger partial charge is 0.302 e. The Labute approximate surface area is 112 Å². The van der Waals surface area contributed by atoms with E-state index in [2.05, 4.69) is 11.0 Å². The molecule has 0 N–H and O–H groups in total. The van der Waals surface area contributed by atoms with Gasteiger partial charge in [0.25, 0.3) is 0 Å². The van der Waals surface area contributed by atoms with Crippen LogP contribution in [0.15, 0.2) is 18.2 Å². The van der Waals surface area contributed by atoms with Crippen molar-refractivity contribution in [2.75, 3.05) is 19.6 Å². The third kappa shape index (κ3) is 3.13. The van der Waals surface area contributed by atoms with Gasteiger partial charge in [-0.2, -0.15) is 5.26 Å². The second kappa shape index (κ2) is 5.73. The molecule has 1 aromatic carbocycles. The second-order valence-corrected chi connectivity index (χ2v) is 5.18. The van der Waals surface area contributed by atoms with Gasteiger partial charge >= 0.3 is 0 Å². The smallest absolute Gasteiger partial charge is 0.0840 e. The van der Waals surface area contributed by atoms with E-state index in [1.165, 1.54) is 12.8 Å². The van der Waals surface area contributed by atoms with Crippen LogP contribution in [0.2, 0.25) is 10.0 Å². The van der Waals surface area contributed by atoms with Crippen molar-refractivity contribution in [3.8, 4) is 6.07 Å². The summed E-state index contributed by atoms with van der Waals surface area (Å²) in [5.41, 5.74) is 0.953. The van der Waals surface area contributed by atoms with Gasteiger partial charge in [0.1, 0.15) is 0 Å². The third-order valence-electron chi connectivity index (χ3n) is 3.14. The van der Waals surface area contributed by atoms with E-state index in [0.29, 0.717) is 10.0 Å². The molecule has 17 heavy (non-hydrogen) atoms. The number of hydrogen-bond acceptors (Lipinski definition) is 2. The maximum Gasteiger partial charge on any atom is 0.0840 e. The Morgan fingerprint density at radius 3 is 2.53 bits per heavy atom. The highest BCUT2D eigenvalue weighted by atomic mass is 35.5. The number of benzene rings is 1. The Hall–Kier alpha value is -0.750. The maximum absolute atomic E-state index is 9.25. The molecule has 0 aliphatic carbocycles. The number of rotatable bonds is 3. The summed E-state index contributed by atoms with van der Waals surface area (Å²) in [6, 6.07) is 7.79. The van der Waals surface area contributed by atoms with Gasteiger partial charge < -0.3 is 4.90 Å². The Balaban J connectivity index is 2.11. The molecule has 1 aliphatic heterocycles. The number of nitriles is 1. The summed E-state index contributed by atoms with van der Waals surface area (Å²) in [5.74, 6) is -0.122. The number of hydrogen-bond donors (Lipinski definition) is 0. The summed E-state index contributed by atoms with van der Waals surface area (Å²) >= 11 is 11.9. The molecule has 1 saturated heterocycles. The Bertz CT molecular complexity index is 434. The molecule has 2 rings (SSSR count). The highest BCUT2D eigenvalue weighted by Gasteiger charge is 2.19. The van der Waals surface area contributed by atoms with Gasteiger partial charge in [-0.05, 0) is 43.6 Å². The van der Waals surface area contributed by atoms with E-state index in [9.17, 15) is 5.26 Å². The topological polar surface area (TPSA) is 27.0 Å². The average Bonchev–Trinajstić information content (AvgIpc) is 2.82. The molecule has 1 fully saturated rings. The van der Waals surface area contributed by atoms with E-state index in [-0.39, 0.29) is 5.92 Å². The third-order valence-corrected chi connectivity index (χ3v) is 3.88. The molecule has 90 valence electrons. The van der Waals surface area contributed by atoms with Crippen LogP contribution in [0.4, 0.5) is 0 Å². The molecular formula is C13H14Cl2N2. The summed E-state index contributed by atoms with van der Waals surface area (Å²) < 4.78 is 0. The molecule has 0 saturated carbocycles. The maximum atomic E-state index is 9.25. The lowest BCUT2D eigenvalue weighted by molar-refractivity contribution is 0.332. The summed E-state index contributed by atoms with van der Waals surface area (Å²) in [4.78, 5) is 2.33. The van der Waals surface area contributed by atoms with Gasteiger partial charge in [-0.15, -0.1) is 0 Å². The molecule has 2 nitrogen and oxygen atoms in total. The summed E-state index contributed by atoms with van der Waals surface area (Å²) in [6.07, 6.45) is 2.47. The van der Waals surface area contributed by atoms with E-state index < -0.39 is 0 Å². The van der Waals surface area contributed by atoms with Crippen LogP contribution < -0.4 is 0 Å². The van der Waals surface area contributed by atoms with Crippen LogP contribution in [0.25, 0.3) is 0 Å². The summed E-state index contributed by atoms with van der Waals surface area (Å²) in [6.45, 7) is 2.98. The molecule has 1 heterocycles. The lowest BCUT2D eigenvalue weighted by atomic mass is 10.0. The molecule has 4 heteroatoms. The second-order valence-electron chi connectivity index (χ2n) is 4.36. The van der Waals surface area contributed by atoms with Crippen molar-refractivity contribution < 1.29 is 0 Å². The van der Waals surface area contributed by atoms with Crippen LogP contribution in [0.5, 0.6) is 0 Å². The Kier molecular flexibility index (Phi) is 4.28. The van der Waals surface area contributed by atoms with Gasteiger partial charge in [0.2, 0.25) is 0 Å². The summed E-state index contributed by atoms with van der Waals surface area (Å²) in [7, 11) is 0. The van der Waals surface area contributed by atoms with Gasteiger partial charge in [0.15, 0.2) is 0 Å². The van der Waals surface area contributed by atoms with Crippen molar-refractivity contribution >= 4 is 23.2 Å². The molecule has 1 atom stereocenters. The van der Waals surface area contributed by atoms with Crippen molar-refractivity contribution in [1.29, 1.82) is 5.26 Å². The SMILES string of the molecule is N#CC(CN1CCCC1)c1ccc(Cl)c(Cl)c1. The van der Waals surface area contributed by atoms with E-state index in [1.807, 2.05) is 6.07 Å². The van der Waals surface area contributed by atoms with E-state index >= 15 is 0 Å². The van der Waals surface area contributed by atoms with Gasteiger partial charge in [-0.1, -0.05) is 29.3 Å². The van der Waals surface area contributed by atoms with Crippen molar-refractivity contribution in [2.45, 2.75) is 18.8 Å². The van der Waals surface area contributed by atoms with Crippen LogP contribution in [0, 0.1) is 11.3 Å². The fourth-order valence-corrected chi connectivity index (χ4v) is 2.48. The fraction of sp³-hybridized carbons (Fsp3) is 0.462. The van der Waals surface area contributed by atoms with Gasteiger partial charge in [0.05, 0.1) is 22.0 Å². The Morgan fingerprint density at radius 2 is 1.94 bits per heavy atom. The van der Waals surface area contributed by atoms with Crippen LogP contribution in [-0.2, 0) is 0 Å². The van der Waals surface area contributed by atoms with Crippen molar-refractivity contribution in [3.63, 3.8) is 0 Å². The predicted octanol–water partition coefficient (Wildman–Crippen LogP) is 3.70. The molecule has 0 amide bonds. The van der Waals surface area contributed by atoms with Crippen molar-refractivity contribution in [2.24, 2.45) is 0 Å². The van der Waals surface area contributed by atoms with Gasteiger partial charge in [-0.25, -0.2) is 0 Å². The highest BCUT2D eigenvalue weighted by molar-refractivity contribution is 6.42. The molecule has 0 aromatic heterocycles. The molecule has 1 aromatic rings. The van der Waals surface area contributed by atoms with E-state index in [1.54, 1.807) is 12.1 Å². The number of nitrogens with zero attached hydrogens (tertiary/aromatic N) is 2. The van der Waals surface area contributed by atoms with Crippen LogP contribution in [0.1, 0.15) is 24.3 Å². The first-order valence-electron chi connectivity index (χ1n) is 5.77.